The molecule has 0 fully saturated rings. The molecule has 1 aliphatic rings. The zero-order valence-electron chi connectivity index (χ0n) is 16.1. The molecule has 0 saturated heterocycles. The fraction of sp³-hybridized carbons (Fsp3) is 0.208. The summed E-state index contributed by atoms with van der Waals surface area (Å²) in [6, 6.07) is 24.2. The maximum absolute atomic E-state index is 9.81. The normalized spacial score (nSPS) is 13.2. The van der Waals surface area contributed by atoms with Gasteiger partial charge in [0.1, 0.15) is 0 Å². The second kappa shape index (κ2) is 8.53. The lowest BCUT2D eigenvalue weighted by Gasteiger charge is -2.32. The van der Waals surface area contributed by atoms with E-state index in [-0.39, 0.29) is 17.4 Å². The predicted molar refractivity (Wildman–Crippen MR) is 119 cm³/mol. The monoisotopic (exact) mass is 404 g/mol. The summed E-state index contributed by atoms with van der Waals surface area (Å²) < 4.78 is 0. The van der Waals surface area contributed by atoms with Crippen LogP contribution in [0.3, 0.4) is 0 Å². The molecule has 29 heavy (non-hydrogen) atoms. The topological polar surface area (TPSA) is 55.7 Å². The Morgan fingerprint density at radius 1 is 0.897 bits per heavy atom. The number of aromatic hydroxyl groups is 2. The molecule has 0 bridgehead atoms. The van der Waals surface area contributed by atoms with E-state index in [1.807, 2.05) is 12.1 Å². The van der Waals surface area contributed by atoms with Crippen LogP contribution < -0.4 is 5.32 Å². The smallest absolute Gasteiger partial charge is 0.169 e. The van der Waals surface area contributed by atoms with Gasteiger partial charge in [0, 0.05) is 25.6 Å². The van der Waals surface area contributed by atoms with Crippen molar-refractivity contribution in [2.24, 2.45) is 0 Å². The van der Waals surface area contributed by atoms with Crippen molar-refractivity contribution in [3.8, 4) is 11.5 Å². The molecule has 3 aromatic carbocycles. The number of nitrogens with zero attached hydrogens (tertiary/aromatic N) is 1. The van der Waals surface area contributed by atoms with E-state index in [1.54, 1.807) is 12.1 Å². The van der Waals surface area contributed by atoms with Gasteiger partial charge >= 0.3 is 0 Å². The second-order valence-corrected chi connectivity index (χ2v) is 7.73. The predicted octanol–water partition coefficient (Wildman–Crippen LogP) is 4.16. The zero-order chi connectivity index (χ0) is 20.2. The molecule has 0 saturated carbocycles. The van der Waals surface area contributed by atoms with Crippen molar-refractivity contribution in [2.45, 2.75) is 18.9 Å². The van der Waals surface area contributed by atoms with Crippen molar-refractivity contribution < 1.29 is 10.2 Å². The van der Waals surface area contributed by atoms with Crippen LogP contribution in [0.5, 0.6) is 11.5 Å². The van der Waals surface area contributed by atoms with Gasteiger partial charge < -0.3 is 20.4 Å². The molecule has 0 unspecified atom stereocenters. The number of benzene rings is 3. The summed E-state index contributed by atoms with van der Waals surface area (Å²) in [4.78, 5) is 2.11. The number of fused-ring (bicyclic) bond motifs is 1. The SMILES string of the molecule is Oc1cc2c(cc1O)CN(C(=S)NCC(c1ccccc1)c1ccccc1)CC2. The molecule has 5 heteroatoms. The molecule has 3 aromatic rings. The molecule has 1 aliphatic heterocycles. The van der Waals surface area contributed by atoms with Crippen molar-refractivity contribution >= 4 is 17.3 Å². The molecule has 3 N–H and O–H groups in total. The summed E-state index contributed by atoms with van der Waals surface area (Å²) in [7, 11) is 0. The maximum Gasteiger partial charge on any atom is 0.169 e. The van der Waals surface area contributed by atoms with Gasteiger partial charge in [0.15, 0.2) is 16.6 Å². The molecule has 0 atom stereocenters. The van der Waals surface area contributed by atoms with Crippen LogP contribution in [0.1, 0.15) is 28.2 Å². The van der Waals surface area contributed by atoms with Crippen LogP contribution in [-0.4, -0.2) is 33.3 Å². The number of hydrogen-bond donors (Lipinski definition) is 3. The summed E-state index contributed by atoms with van der Waals surface area (Å²) in [6.07, 6.45) is 0.784. The Morgan fingerprint density at radius 3 is 2.03 bits per heavy atom. The average Bonchev–Trinajstić information content (AvgIpc) is 2.76. The highest BCUT2D eigenvalue weighted by molar-refractivity contribution is 7.80. The van der Waals surface area contributed by atoms with Gasteiger partial charge in [-0.3, -0.25) is 0 Å². The van der Waals surface area contributed by atoms with Crippen molar-refractivity contribution in [3.63, 3.8) is 0 Å². The van der Waals surface area contributed by atoms with Crippen molar-refractivity contribution in [3.05, 3.63) is 95.1 Å². The molecular formula is C24H24N2O2S. The first-order valence-corrected chi connectivity index (χ1v) is 10.2. The van der Waals surface area contributed by atoms with Gasteiger partial charge in [-0.15, -0.1) is 0 Å². The largest absolute Gasteiger partial charge is 0.504 e. The summed E-state index contributed by atoms with van der Waals surface area (Å²) in [5, 5.41) is 23.7. The number of nitrogens with one attached hydrogen (secondary N) is 1. The number of phenols is 2. The van der Waals surface area contributed by atoms with E-state index >= 15 is 0 Å². The molecule has 4 rings (SSSR count). The minimum atomic E-state index is -0.0855. The van der Waals surface area contributed by atoms with Crippen LogP contribution in [0.15, 0.2) is 72.8 Å². The van der Waals surface area contributed by atoms with Crippen molar-refractivity contribution in [1.29, 1.82) is 0 Å². The fourth-order valence-electron chi connectivity index (χ4n) is 3.86. The Labute approximate surface area is 176 Å². The molecule has 0 radical (unpaired) electrons. The molecule has 0 aliphatic carbocycles. The number of hydrogen-bond acceptors (Lipinski definition) is 3. The first kappa shape index (κ1) is 19.3. The Bertz CT molecular complexity index is 953. The Balaban J connectivity index is 1.46. The number of thiocarbonyl (C=S) groups is 1. The average molecular weight is 405 g/mol. The molecule has 0 spiro atoms. The lowest BCUT2D eigenvalue weighted by Crippen LogP contribution is -2.43. The first-order valence-electron chi connectivity index (χ1n) is 9.78. The molecule has 148 valence electrons. The Kier molecular flexibility index (Phi) is 5.67. The van der Waals surface area contributed by atoms with Crippen LogP contribution in [0.4, 0.5) is 0 Å². The third-order valence-electron chi connectivity index (χ3n) is 5.46. The third kappa shape index (κ3) is 4.35. The van der Waals surface area contributed by atoms with Gasteiger partial charge in [0.25, 0.3) is 0 Å². The molecule has 1 heterocycles. The third-order valence-corrected chi connectivity index (χ3v) is 5.86. The Hall–Kier alpha value is -3.05. The van der Waals surface area contributed by atoms with Crippen LogP contribution in [0.2, 0.25) is 0 Å². The summed E-state index contributed by atoms with van der Waals surface area (Å²) in [6.45, 7) is 2.11. The summed E-state index contributed by atoms with van der Waals surface area (Å²) in [5.74, 6) is 0.0533. The van der Waals surface area contributed by atoms with Crippen molar-refractivity contribution in [1.82, 2.24) is 10.2 Å². The van der Waals surface area contributed by atoms with E-state index in [2.05, 4.69) is 58.7 Å². The standard InChI is InChI=1S/C24H24N2O2S/c27-22-13-19-11-12-26(16-20(19)14-23(22)28)24(29)25-15-21(17-7-3-1-4-8-17)18-9-5-2-6-10-18/h1-10,13-14,21,27-28H,11-12,15-16H2,(H,25,29). The first-order chi connectivity index (χ1) is 14.1. The maximum atomic E-state index is 9.81. The van der Waals surface area contributed by atoms with E-state index in [0.717, 1.165) is 24.1 Å². The van der Waals surface area contributed by atoms with Gasteiger partial charge in [-0.2, -0.15) is 0 Å². The minimum Gasteiger partial charge on any atom is -0.504 e. The van der Waals surface area contributed by atoms with Gasteiger partial charge in [0.05, 0.1) is 0 Å². The zero-order valence-corrected chi connectivity index (χ0v) is 16.9. The second-order valence-electron chi connectivity index (χ2n) is 7.34. The van der Waals surface area contributed by atoms with E-state index < -0.39 is 0 Å². The van der Waals surface area contributed by atoms with Crippen LogP contribution in [0.25, 0.3) is 0 Å². The van der Waals surface area contributed by atoms with Crippen LogP contribution >= 0.6 is 12.2 Å². The number of rotatable bonds is 4. The van der Waals surface area contributed by atoms with E-state index in [9.17, 15) is 10.2 Å². The number of phenolic OH excluding ortho intramolecular Hbond substituents is 2. The lowest BCUT2D eigenvalue weighted by molar-refractivity contribution is 0.374. The molecule has 0 amide bonds. The minimum absolute atomic E-state index is 0.0635. The van der Waals surface area contributed by atoms with E-state index in [0.29, 0.717) is 18.2 Å². The Morgan fingerprint density at radius 2 is 1.45 bits per heavy atom. The van der Waals surface area contributed by atoms with Crippen LogP contribution in [0, 0.1) is 0 Å². The van der Waals surface area contributed by atoms with Gasteiger partial charge in [-0.05, 0) is 53.0 Å². The molecule has 0 aromatic heterocycles. The van der Waals surface area contributed by atoms with Gasteiger partial charge in [-0.1, -0.05) is 60.7 Å². The summed E-state index contributed by atoms with van der Waals surface area (Å²) in [5.41, 5.74) is 4.56. The summed E-state index contributed by atoms with van der Waals surface area (Å²) >= 11 is 5.68. The molecule has 4 nitrogen and oxygen atoms in total. The fourth-order valence-corrected chi connectivity index (χ4v) is 4.10. The quantitative estimate of drug-likeness (QED) is 0.450. The highest BCUT2D eigenvalue weighted by Gasteiger charge is 2.21. The molecular weight excluding hydrogens is 380 g/mol. The van der Waals surface area contributed by atoms with Crippen LogP contribution in [-0.2, 0) is 13.0 Å². The van der Waals surface area contributed by atoms with E-state index in [4.69, 9.17) is 12.2 Å². The highest BCUT2D eigenvalue weighted by atomic mass is 32.1. The lowest BCUT2D eigenvalue weighted by atomic mass is 9.91. The van der Waals surface area contributed by atoms with Gasteiger partial charge in [0.2, 0.25) is 0 Å². The van der Waals surface area contributed by atoms with E-state index in [1.165, 1.54) is 11.1 Å². The highest BCUT2D eigenvalue weighted by Crippen LogP contribution is 2.31. The van der Waals surface area contributed by atoms with Gasteiger partial charge in [-0.25, -0.2) is 0 Å². The van der Waals surface area contributed by atoms with Crippen molar-refractivity contribution in [2.75, 3.05) is 13.1 Å².